The molecule has 5 heteroatoms. The van der Waals surface area contributed by atoms with Crippen LogP contribution in [0, 0.1) is 0 Å². The summed E-state index contributed by atoms with van der Waals surface area (Å²) in [6.07, 6.45) is 2.37. The maximum atomic E-state index is 12.3. The second-order valence-electron chi connectivity index (χ2n) is 4.53. The maximum Gasteiger partial charge on any atom is 0.271 e. The maximum absolute atomic E-state index is 12.3. The van der Waals surface area contributed by atoms with Gasteiger partial charge >= 0.3 is 0 Å². The van der Waals surface area contributed by atoms with Crippen LogP contribution in [0.1, 0.15) is 28.5 Å². The van der Waals surface area contributed by atoms with Crippen LogP contribution in [0.15, 0.2) is 47.1 Å². The molecule has 2 heterocycles. The standard InChI is InChI=1S/C15H13BrN2O2/c16-11-5-3-8-17-14(11)15(19)18-12-7-9-20-13-6-2-1-4-10(12)13/h1-6,8,12H,7,9H2,(H,18,19). The predicted molar refractivity (Wildman–Crippen MR) is 78.7 cm³/mol. The quantitative estimate of drug-likeness (QED) is 0.919. The molecule has 1 aromatic carbocycles. The zero-order chi connectivity index (χ0) is 13.9. The summed E-state index contributed by atoms with van der Waals surface area (Å²) in [5, 5.41) is 3.02. The minimum absolute atomic E-state index is 0.0404. The van der Waals surface area contributed by atoms with Crippen LogP contribution in [-0.4, -0.2) is 17.5 Å². The second-order valence-corrected chi connectivity index (χ2v) is 5.39. The van der Waals surface area contributed by atoms with Gasteiger partial charge in [-0.05, 0) is 34.1 Å². The Morgan fingerprint density at radius 2 is 2.15 bits per heavy atom. The monoisotopic (exact) mass is 332 g/mol. The molecule has 0 saturated heterocycles. The van der Waals surface area contributed by atoms with Gasteiger partial charge in [0.05, 0.1) is 12.6 Å². The largest absolute Gasteiger partial charge is 0.493 e. The average molecular weight is 333 g/mol. The van der Waals surface area contributed by atoms with Gasteiger partial charge in [-0.15, -0.1) is 0 Å². The third-order valence-electron chi connectivity index (χ3n) is 3.24. The molecule has 1 aliphatic heterocycles. The van der Waals surface area contributed by atoms with Gasteiger partial charge in [0, 0.05) is 22.7 Å². The highest BCUT2D eigenvalue weighted by Gasteiger charge is 2.24. The number of amides is 1. The van der Waals surface area contributed by atoms with E-state index in [1.54, 1.807) is 18.3 Å². The SMILES string of the molecule is O=C(NC1CCOc2ccccc21)c1ncccc1Br. The van der Waals surface area contributed by atoms with Crippen molar-refractivity contribution in [2.75, 3.05) is 6.61 Å². The van der Waals surface area contributed by atoms with Gasteiger partial charge in [0.2, 0.25) is 0 Å². The lowest BCUT2D eigenvalue weighted by Crippen LogP contribution is -2.32. The lowest BCUT2D eigenvalue weighted by molar-refractivity contribution is 0.0919. The summed E-state index contributed by atoms with van der Waals surface area (Å²) in [7, 11) is 0. The molecule has 0 aliphatic carbocycles. The second kappa shape index (κ2) is 5.63. The lowest BCUT2D eigenvalue weighted by Gasteiger charge is -2.26. The number of para-hydroxylation sites is 1. The van der Waals surface area contributed by atoms with E-state index in [1.165, 1.54) is 0 Å². The number of ether oxygens (including phenoxy) is 1. The summed E-state index contributed by atoms with van der Waals surface area (Å²) in [4.78, 5) is 16.4. The number of rotatable bonds is 2. The van der Waals surface area contributed by atoms with E-state index < -0.39 is 0 Å². The van der Waals surface area contributed by atoms with Gasteiger partial charge in [-0.1, -0.05) is 18.2 Å². The molecule has 1 unspecified atom stereocenters. The molecule has 1 amide bonds. The predicted octanol–water partition coefficient (Wildman–Crippen LogP) is 3.10. The molecule has 3 rings (SSSR count). The highest BCUT2D eigenvalue weighted by molar-refractivity contribution is 9.10. The molecular formula is C15H13BrN2O2. The Labute approximate surface area is 125 Å². The van der Waals surface area contributed by atoms with Crippen molar-refractivity contribution in [3.63, 3.8) is 0 Å². The van der Waals surface area contributed by atoms with Crippen molar-refractivity contribution in [2.24, 2.45) is 0 Å². The van der Waals surface area contributed by atoms with Crippen LogP contribution >= 0.6 is 15.9 Å². The number of carbonyl (C=O) groups is 1. The molecule has 20 heavy (non-hydrogen) atoms. The molecule has 1 aromatic heterocycles. The van der Waals surface area contributed by atoms with Crippen LogP contribution in [0.3, 0.4) is 0 Å². The number of aromatic nitrogens is 1. The number of pyridine rings is 1. The first-order valence-electron chi connectivity index (χ1n) is 6.39. The Kier molecular flexibility index (Phi) is 3.69. The van der Waals surface area contributed by atoms with Crippen molar-refractivity contribution >= 4 is 21.8 Å². The molecule has 0 bridgehead atoms. The van der Waals surface area contributed by atoms with Gasteiger partial charge in [0.25, 0.3) is 5.91 Å². The van der Waals surface area contributed by atoms with Crippen LogP contribution in [0.5, 0.6) is 5.75 Å². The third-order valence-corrected chi connectivity index (χ3v) is 3.88. The number of hydrogen-bond acceptors (Lipinski definition) is 3. The van der Waals surface area contributed by atoms with Gasteiger partial charge in [-0.3, -0.25) is 4.79 Å². The van der Waals surface area contributed by atoms with Crippen molar-refractivity contribution in [2.45, 2.75) is 12.5 Å². The van der Waals surface area contributed by atoms with E-state index in [4.69, 9.17) is 4.74 Å². The molecular weight excluding hydrogens is 320 g/mol. The first kappa shape index (κ1) is 13.1. The minimum atomic E-state index is -0.181. The smallest absolute Gasteiger partial charge is 0.271 e. The molecule has 1 aliphatic rings. The number of benzene rings is 1. The van der Waals surface area contributed by atoms with E-state index in [9.17, 15) is 4.79 Å². The first-order valence-corrected chi connectivity index (χ1v) is 7.18. The van der Waals surface area contributed by atoms with Crippen molar-refractivity contribution in [1.29, 1.82) is 0 Å². The Morgan fingerprint density at radius 3 is 3.00 bits per heavy atom. The molecule has 0 fully saturated rings. The normalized spacial score (nSPS) is 16.9. The number of nitrogens with zero attached hydrogens (tertiary/aromatic N) is 1. The molecule has 4 nitrogen and oxygen atoms in total. The van der Waals surface area contributed by atoms with Gasteiger partial charge in [0.15, 0.2) is 0 Å². The van der Waals surface area contributed by atoms with E-state index in [-0.39, 0.29) is 11.9 Å². The summed E-state index contributed by atoms with van der Waals surface area (Å²) < 4.78 is 6.28. The van der Waals surface area contributed by atoms with E-state index >= 15 is 0 Å². The molecule has 0 spiro atoms. The minimum Gasteiger partial charge on any atom is -0.493 e. The Bertz CT molecular complexity index is 645. The van der Waals surface area contributed by atoms with E-state index in [2.05, 4.69) is 26.2 Å². The van der Waals surface area contributed by atoms with Crippen LogP contribution in [0.4, 0.5) is 0 Å². The van der Waals surface area contributed by atoms with Crippen molar-refractivity contribution < 1.29 is 9.53 Å². The Morgan fingerprint density at radius 1 is 1.30 bits per heavy atom. The van der Waals surface area contributed by atoms with Gasteiger partial charge < -0.3 is 10.1 Å². The van der Waals surface area contributed by atoms with E-state index in [0.29, 0.717) is 16.8 Å². The number of halogens is 1. The molecule has 0 radical (unpaired) electrons. The molecule has 1 N–H and O–H groups in total. The van der Waals surface area contributed by atoms with Crippen LogP contribution in [-0.2, 0) is 0 Å². The number of carbonyl (C=O) groups excluding carboxylic acids is 1. The topological polar surface area (TPSA) is 51.2 Å². The summed E-state index contributed by atoms with van der Waals surface area (Å²) in [6.45, 7) is 0.603. The zero-order valence-corrected chi connectivity index (χ0v) is 12.3. The molecule has 0 saturated carbocycles. The molecule has 1 atom stereocenters. The van der Waals surface area contributed by atoms with E-state index in [1.807, 2.05) is 24.3 Å². The fourth-order valence-electron chi connectivity index (χ4n) is 2.27. The van der Waals surface area contributed by atoms with Crippen molar-refractivity contribution in [3.8, 4) is 5.75 Å². The van der Waals surface area contributed by atoms with Crippen molar-refractivity contribution in [1.82, 2.24) is 10.3 Å². The number of nitrogens with one attached hydrogen (secondary N) is 1. The highest BCUT2D eigenvalue weighted by atomic mass is 79.9. The Balaban J connectivity index is 1.83. The van der Waals surface area contributed by atoms with Crippen molar-refractivity contribution in [3.05, 3.63) is 58.3 Å². The van der Waals surface area contributed by atoms with Gasteiger partial charge in [-0.2, -0.15) is 0 Å². The summed E-state index contributed by atoms with van der Waals surface area (Å²) in [5.41, 5.74) is 1.41. The fraction of sp³-hybridized carbons (Fsp3) is 0.200. The third kappa shape index (κ3) is 2.54. The fourth-order valence-corrected chi connectivity index (χ4v) is 2.71. The lowest BCUT2D eigenvalue weighted by atomic mass is 10.0. The van der Waals surface area contributed by atoms with Crippen LogP contribution < -0.4 is 10.1 Å². The molecule has 2 aromatic rings. The highest BCUT2D eigenvalue weighted by Crippen LogP contribution is 2.31. The zero-order valence-electron chi connectivity index (χ0n) is 10.7. The van der Waals surface area contributed by atoms with Crippen LogP contribution in [0.25, 0.3) is 0 Å². The van der Waals surface area contributed by atoms with Crippen LogP contribution in [0.2, 0.25) is 0 Å². The van der Waals surface area contributed by atoms with E-state index in [0.717, 1.165) is 17.7 Å². The number of fused-ring (bicyclic) bond motifs is 1. The summed E-state index contributed by atoms with van der Waals surface area (Å²) >= 11 is 3.35. The Hall–Kier alpha value is -1.88. The first-order chi connectivity index (χ1) is 9.75. The van der Waals surface area contributed by atoms with Gasteiger partial charge in [0.1, 0.15) is 11.4 Å². The molecule has 102 valence electrons. The van der Waals surface area contributed by atoms with Gasteiger partial charge in [-0.25, -0.2) is 4.98 Å². The number of hydrogen-bond donors (Lipinski definition) is 1. The summed E-state index contributed by atoms with van der Waals surface area (Å²) in [5.74, 6) is 0.656. The summed E-state index contributed by atoms with van der Waals surface area (Å²) in [6, 6.07) is 11.3. The average Bonchev–Trinajstić information content (AvgIpc) is 2.48.